The zero-order valence-electron chi connectivity index (χ0n) is 10.6. The first-order valence-electron chi connectivity index (χ1n) is 5.95. The van der Waals surface area contributed by atoms with Crippen LogP contribution in [0.5, 0.6) is 0 Å². The Bertz CT molecular complexity index is 549. The Balaban J connectivity index is 2.16. The minimum Gasteiger partial charge on any atom is -0.337 e. The van der Waals surface area contributed by atoms with Crippen LogP contribution >= 0.6 is 11.8 Å². The fourth-order valence-corrected chi connectivity index (χ4v) is 3.48. The van der Waals surface area contributed by atoms with Gasteiger partial charge in [-0.25, -0.2) is 13.1 Å². The summed E-state index contributed by atoms with van der Waals surface area (Å²) >= 11 is 1.84. The Morgan fingerprint density at radius 1 is 1.21 bits per heavy atom. The molecule has 0 radical (unpaired) electrons. The van der Waals surface area contributed by atoms with Gasteiger partial charge in [0, 0.05) is 30.2 Å². The predicted octanol–water partition coefficient (Wildman–Crippen LogP) is 0.784. The van der Waals surface area contributed by atoms with Gasteiger partial charge in [-0.15, -0.1) is 0 Å². The van der Waals surface area contributed by atoms with Crippen molar-refractivity contribution >= 4 is 27.7 Å². The van der Waals surface area contributed by atoms with E-state index in [1.54, 1.807) is 17.0 Å². The van der Waals surface area contributed by atoms with Crippen LogP contribution in [0.25, 0.3) is 0 Å². The normalized spacial score (nSPS) is 16.4. The maximum absolute atomic E-state index is 12.2. The van der Waals surface area contributed by atoms with Crippen LogP contribution in [0, 0.1) is 0 Å². The zero-order valence-corrected chi connectivity index (χ0v) is 12.3. The minimum absolute atomic E-state index is 0.0336. The third kappa shape index (κ3) is 3.29. The van der Waals surface area contributed by atoms with Gasteiger partial charge in [0.1, 0.15) is 0 Å². The van der Waals surface area contributed by atoms with Crippen molar-refractivity contribution in [2.75, 3.05) is 31.6 Å². The average Bonchev–Trinajstić information content (AvgIpc) is 2.47. The SMILES string of the molecule is CNS(=O)(=O)c1ccc(C(=O)N2CCSCC2)cc1. The molecule has 1 aromatic carbocycles. The molecule has 0 saturated carbocycles. The van der Waals surface area contributed by atoms with Crippen LogP contribution in [0.15, 0.2) is 29.2 Å². The number of hydrogen-bond donors (Lipinski definition) is 1. The fraction of sp³-hybridized carbons (Fsp3) is 0.417. The van der Waals surface area contributed by atoms with E-state index < -0.39 is 10.0 Å². The molecular weight excluding hydrogens is 284 g/mol. The lowest BCUT2D eigenvalue weighted by atomic mass is 10.2. The van der Waals surface area contributed by atoms with E-state index in [0.717, 1.165) is 24.6 Å². The van der Waals surface area contributed by atoms with Crippen molar-refractivity contribution in [3.63, 3.8) is 0 Å². The van der Waals surface area contributed by atoms with Gasteiger partial charge >= 0.3 is 0 Å². The monoisotopic (exact) mass is 300 g/mol. The quantitative estimate of drug-likeness (QED) is 0.896. The lowest BCUT2D eigenvalue weighted by Crippen LogP contribution is -2.37. The molecule has 0 unspecified atom stereocenters. The maximum Gasteiger partial charge on any atom is 0.253 e. The summed E-state index contributed by atoms with van der Waals surface area (Å²) in [7, 11) is -2.08. The summed E-state index contributed by atoms with van der Waals surface area (Å²) in [5, 5.41) is 0. The van der Waals surface area contributed by atoms with E-state index in [0.29, 0.717) is 5.56 Å². The lowest BCUT2D eigenvalue weighted by Gasteiger charge is -2.26. The largest absolute Gasteiger partial charge is 0.337 e. The average molecular weight is 300 g/mol. The van der Waals surface area contributed by atoms with Crippen molar-refractivity contribution in [2.24, 2.45) is 0 Å². The number of nitrogens with one attached hydrogen (secondary N) is 1. The van der Waals surface area contributed by atoms with Crippen molar-refractivity contribution in [1.29, 1.82) is 0 Å². The number of sulfonamides is 1. The van der Waals surface area contributed by atoms with E-state index in [-0.39, 0.29) is 10.8 Å². The highest BCUT2D eigenvalue weighted by atomic mass is 32.2. The molecule has 1 aliphatic heterocycles. The Hall–Kier alpha value is -1.05. The highest BCUT2D eigenvalue weighted by Crippen LogP contribution is 2.15. The van der Waals surface area contributed by atoms with Crippen molar-refractivity contribution in [3.05, 3.63) is 29.8 Å². The molecule has 1 fully saturated rings. The van der Waals surface area contributed by atoms with Crippen LogP contribution in [0.3, 0.4) is 0 Å². The molecule has 1 heterocycles. The molecular formula is C12H16N2O3S2. The molecule has 7 heteroatoms. The fourth-order valence-electron chi connectivity index (χ4n) is 1.84. The third-order valence-electron chi connectivity index (χ3n) is 2.98. The number of carbonyl (C=O) groups excluding carboxylic acids is 1. The molecule has 5 nitrogen and oxygen atoms in total. The topological polar surface area (TPSA) is 66.5 Å². The van der Waals surface area contributed by atoms with Crippen molar-refractivity contribution in [3.8, 4) is 0 Å². The molecule has 1 N–H and O–H groups in total. The Morgan fingerprint density at radius 3 is 2.32 bits per heavy atom. The molecule has 1 aromatic rings. The third-order valence-corrected chi connectivity index (χ3v) is 5.35. The van der Waals surface area contributed by atoms with Gasteiger partial charge in [0.05, 0.1) is 4.90 Å². The van der Waals surface area contributed by atoms with E-state index >= 15 is 0 Å². The van der Waals surface area contributed by atoms with Crippen molar-refractivity contribution in [1.82, 2.24) is 9.62 Å². The number of carbonyl (C=O) groups is 1. The van der Waals surface area contributed by atoms with Gasteiger partial charge in [0.2, 0.25) is 10.0 Å². The summed E-state index contributed by atoms with van der Waals surface area (Å²) < 4.78 is 25.4. The molecule has 1 amide bonds. The second-order valence-corrected chi connectivity index (χ2v) is 7.25. The van der Waals surface area contributed by atoms with Gasteiger partial charge in [-0.3, -0.25) is 4.79 Å². The Morgan fingerprint density at radius 2 is 1.79 bits per heavy atom. The predicted molar refractivity (Wildman–Crippen MR) is 75.9 cm³/mol. The molecule has 1 aliphatic rings. The minimum atomic E-state index is -3.44. The summed E-state index contributed by atoms with van der Waals surface area (Å²) in [5.41, 5.74) is 0.530. The Kier molecular flexibility index (Phi) is 4.49. The standard InChI is InChI=1S/C12H16N2O3S2/c1-13-19(16,17)11-4-2-10(3-5-11)12(15)14-6-8-18-9-7-14/h2-5,13H,6-9H2,1H3. The number of benzene rings is 1. The number of nitrogens with zero attached hydrogens (tertiary/aromatic N) is 1. The first kappa shape index (κ1) is 14.4. The molecule has 104 valence electrons. The molecule has 19 heavy (non-hydrogen) atoms. The van der Waals surface area contributed by atoms with Gasteiger partial charge in [0.25, 0.3) is 5.91 Å². The number of hydrogen-bond acceptors (Lipinski definition) is 4. The van der Waals surface area contributed by atoms with Crippen LogP contribution in [-0.4, -0.2) is 50.9 Å². The summed E-state index contributed by atoms with van der Waals surface area (Å²) in [6.07, 6.45) is 0. The van der Waals surface area contributed by atoms with E-state index in [4.69, 9.17) is 0 Å². The van der Waals surface area contributed by atoms with Crippen LogP contribution in [0.4, 0.5) is 0 Å². The maximum atomic E-state index is 12.2. The molecule has 2 rings (SSSR count). The number of rotatable bonds is 3. The summed E-state index contributed by atoms with van der Waals surface area (Å²) in [4.78, 5) is 14.2. The van der Waals surface area contributed by atoms with Crippen LogP contribution in [0.2, 0.25) is 0 Å². The van der Waals surface area contributed by atoms with Crippen molar-refractivity contribution in [2.45, 2.75) is 4.90 Å². The van der Waals surface area contributed by atoms with Crippen molar-refractivity contribution < 1.29 is 13.2 Å². The molecule has 0 aliphatic carbocycles. The highest BCUT2D eigenvalue weighted by Gasteiger charge is 2.19. The van der Waals surface area contributed by atoms with E-state index in [2.05, 4.69) is 4.72 Å². The van der Waals surface area contributed by atoms with Gasteiger partial charge in [-0.2, -0.15) is 11.8 Å². The second kappa shape index (κ2) is 5.94. The molecule has 1 saturated heterocycles. The van der Waals surface area contributed by atoms with E-state index in [1.165, 1.54) is 19.2 Å². The zero-order chi connectivity index (χ0) is 13.9. The first-order chi connectivity index (χ1) is 9.04. The molecule has 0 bridgehead atoms. The summed E-state index contributed by atoms with van der Waals surface area (Å²) in [5.74, 6) is 1.88. The number of thioether (sulfide) groups is 1. The van der Waals surface area contributed by atoms with Crippen LogP contribution in [0.1, 0.15) is 10.4 Å². The van der Waals surface area contributed by atoms with E-state index in [9.17, 15) is 13.2 Å². The Labute approximate surface area is 117 Å². The summed E-state index contributed by atoms with van der Waals surface area (Å²) in [6, 6.07) is 6.04. The molecule has 0 atom stereocenters. The van der Waals surface area contributed by atoms with E-state index in [1.807, 2.05) is 11.8 Å². The summed E-state index contributed by atoms with van der Waals surface area (Å²) in [6.45, 7) is 1.50. The highest BCUT2D eigenvalue weighted by molar-refractivity contribution is 7.99. The van der Waals surface area contributed by atoms with Gasteiger partial charge < -0.3 is 4.90 Å². The van der Waals surface area contributed by atoms with Gasteiger partial charge in [-0.1, -0.05) is 0 Å². The first-order valence-corrected chi connectivity index (χ1v) is 8.59. The van der Waals surface area contributed by atoms with Gasteiger partial charge in [0.15, 0.2) is 0 Å². The molecule has 0 aromatic heterocycles. The molecule has 0 spiro atoms. The second-order valence-electron chi connectivity index (χ2n) is 4.14. The smallest absolute Gasteiger partial charge is 0.253 e. The number of amides is 1. The van der Waals surface area contributed by atoms with Crippen LogP contribution < -0.4 is 4.72 Å². The van der Waals surface area contributed by atoms with Gasteiger partial charge in [-0.05, 0) is 31.3 Å². The lowest BCUT2D eigenvalue weighted by molar-refractivity contribution is 0.0772. The van der Waals surface area contributed by atoms with Crippen LogP contribution in [-0.2, 0) is 10.0 Å².